The average molecular weight is 441 g/mol. The highest BCUT2D eigenvalue weighted by Gasteiger charge is 2.29. The molecule has 7 heteroatoms. The number of nitrogens with zero attached hydrogens (tertiary/aromatic N) is 1. The first kappa shape index (κ1) is 22.5. The van der Waals surface area contributed by atoms with Gasteiger partial charge in [-0.2, -0.15) is 0 Å². The second-order valence-electron chi connectivity index (χ2n) is 7.16. The summed E-state index contributed by atoms with van der Waals surface area (Å²) in [6.07, 6.45) is 0.913. The lowest BCUT2D eigenvalue weighted by atomic mass is 10.1. The van der Waals surface area contributed by atoms with Crippen molar-refractivity contribution in [2.75, 3.05) is 10.8 Å². The van der Waals surface area contributed by atoms with Gasteiger partial charge in [-0.15, -0.1) is 0 Å². The van der Waals surface area contributed by atoms with E-state index in [1.165, 1.54) is 42.0 Å². The third-order valence-electron chi connectivity index (χ3n) is 5.01. The van der Waals surface area contributed by atoms with Gasteiger partial charge in [-0.1, -0.05) is 61.5 Å². The van der Waals surface area contributed by atoms with Crippen molar-refractivity contribution in [1.29, 1.82) is 0 Å². The normalized spacial score (nSPS) is 12.2. The Balaban J connectivity index is 1.86. The Morgan fingerprint density at radius 3 is 2.19 bits per heavy atom. The first-order chi connectivity index (χ1) is 14.8. The Kier molecular flexibility index (Phi) is 7.07. The van der Waals surface area contributed by atoms with Crippen LogP contribution in [0.5, 0.6) is 0 Å². The van der Waals surface area contributed by atoms with Crippen molar-refractivity contribution in [3.8, 4) is 0 Å². The van der Waals surface area contributed by atoms with Gasteiger partial charge in [0.25, 0.3) is 10.0 Å². The predicted octanol–water partition coefficient (Wildman–Crippen LogP) is 4.46. The van der Waals surface area contributed by atoms with Gasteiger partial charge < -0.3 is 5.32 Å². The van der Waals surface area contributed by atoms with Crippen LogP contribution in [0, 0.1) is 5.82 Å². The third-order valence-corrected chi connectivity index (χ3v) is 6.78. The smallest absolute Gasteiger partial charge is 0.264 e. The SMILES string of the molecule is CCc1ccc([C@H](C)NC(=O)CN(c2ccccc2F)S(=O)(=O)c2ccccc2)cc1. The number of hydrogen-bond acceptors (Lipinski definition) is 3. The van der Waals surface area contributed by atoms with E-state index in [9.17, 15) is 17.6 Å². The summed E-state index contributed by atoms with van der Waals surface area (Å²) in [7, 11) is -4.15. The van der Waals surface area contributed by atoms with Crippen molar-refractivity contribution in [2.24, 2.45) is 0 Å². The molecule has 162 valence electrons. The highest BCUT2D eigenvalue weighted by molar-refractivity contribution is 7.92. The Morgan fingerprint density at radius 2 is 1.58 bits per heavy atom. The molecule has 3 aromatic rings. The molecule has 0 spiro atoms. The van der Waals surface area contributed by atoms with Crippen LogP contribution in [0.3, 0.4) is 0 Å². The van der Waals surface area contributed by atoms with Gasteiger partial charge in [0.1, 0.15) is 12.4 Å². The van der Waals surface area contributed by atoms with Gasteiger partial charge in [0.15, 0.2) is 0 Å². The molecule has 0 aliphatic rings. The van der Waals surface area contributed by atoms with Crippen LogP contribution in [-0.4, -0.2) is 20.9 Å². The number of rotatable bonds is 8. The van der Waals surface area contributed by atoms with Gasteiger partial charge in [-0.05, 0) is 48.7 Å². The van der Waals surface area contributed by atoms with Gasteiger partial charge in [-0.25, -0.2) is 12.8 Å². The molecule has 0 aliphatic carbocycles. The van der Waals surface area contributed by atoms with Crippen LogP contribution in [0.25, 0.3) is 0 Å². The molecular weight excluding hydrogens is 415 g/mol. The van der Waals surface area contributed by atoms with Gasteiger partial charge >= 0.3 is 0 Å². The number of aryl methyl sites for hydroxylation is 1. The summed E-state index contributed by atoms with van der Waals surface area (Å²) in [5, 5.41) is 2.81. The number of nitrogens with one attached hydrogen (secondary N) is 1. The summed E-state index contributed by atoms with van der Waals surface area (Å²) in [6, 6.07) is 20.7. The molecule has 1 atom stereocenters. The summed E-state index contributed by atoms with van der Waals surface area (Å²) in [5.41, 5.74) is 1.90. The molecule has 0 aliphatic heterocycles. The Labute approximate surface area is 182 Å². The highest BCUT2D eigenvalue weighted by atomic mass is 32.2. The summed E-state index contributed by atoms with van der Waals surface area (Å²) in [6.45, 7) is 3.33. The van der Waals surface area contributed by atoms with Crippen LogP contribution in [0.15, 0.2) is 83.8 Å². The highest BCUT2D eigenvalue weighted by Crippen LogP contribution is 2.26. The molecule has 0 bridgehead atoms. The van der Waals surface area contributed by atoms with Crippen molar-refractivity contribution in [1.82, 2.24) is 5.32 Å². The van der Waals surface area contributed by atoms with E-state index < -0.39 is 28.3 Å². The minimum Gasteiger partial charge on any atom is -0.348 e. The summed E-state index contributed by atoms with van der Waals surface area (Å²) < 4.78 is 41.8. The molecular formula is C24H25FN2O3S. The zero-order valence-electron chi connectivity index (χ0n) is 17.5. The zero-order valence-corrected chi connectivity index (χ0v) is 18.3. The molecule has 0 radical (unpaired) electrons. The second kappa shape index (κ2) is 9.75. The van der Waals surface area contributed by atoms with E-state index in [0.717, 1.165) is 16.3 Å². The molecule has 0 fully saturated rings. The summed E-state index contributed by atoms with van der Waals surface area (Å²) in [5.74, 6) is -1.26. The quantitative estimate of drug-likeness (QED) is 0.562. The van der Waals surface area contributed by atoms with Crippen molar-refractivity contribution >= 4 is 21.6 Å². The van der Waals surface area contributed by atoms with Crippen LogP contribution < -0.4 is 9.62 Å². The van der Waals surface area contributed by atoms with E-state index >= 15 is 0 Å². The van der Waals surface area contributed by atoms with E-state index in [2.05, 4.69) is 12.2 Å². The summed E-state index contributed by atoms with van der Waals surface area (Å²) in [4.78, 5) is 12.8. The number of sulfonamides is 1. The number of anilines is 1. The Morgan fingerprint density at radius 1 is 0.968 bits per heavy atom. The largest absolute Gasteiger partial charge is 0.348 e. The molecule has 5 nitrogen and oxygen atoms in total. The third kappa shape index (κ3) is 5.30. The number of amides is 1. The molecule has 1 N–H and O–H groups in total. The minimum absolute atomic E-state index is 0.0192. The maximum absolute atomic E-state index is 14.5. The van der Waals surface area contributed by atoms with Crippen LogP contribution >= 0.6 is 0 Å². The monoisotopic (exact) mass is 440 g/mol. The van der Waals surface area contributed by atoms with Crippen LogP contribution in [0.2, 0.25) is 0 Å². The van der Waals surface area contributed by atoms with Crippen molar-refractivity contribution in [2.45, 2.75) is 31.2 Å². The van der Waals surface area contributed by atoms with Crippen LogP contribution in [-0.2, 0) is 21.2 Å². The first-order valence-corrected chi connectivity index (χ1v) is 11.5. The second-order valence-corrected chi connectivity index (χ2v) is 9.02. The van der Waals surface area contributed by atoms with E-state index in [4.69, 9.17) is 0 Å². The lowest BCUT2D eigenvalue weighted by molar-refractivity contribution is -0.120. The standard InChI is InChI=1S/C24H25FN2O3S/c1-3-19-13-15-20(16-14-19)18(2)26-24(28)17-27(23-12-8-7-11-22(23)25)31(29,30)21-9-5-4-6-10-21/h4-16,18H,3,17H2,1-2H3,(H,26,28)/t18-/m0/s1. The van der Waals surface area contributed by atoms with Crippen LogP contribution in [0.1, 0.15) is 31.0 Å². The lowest BCUT2D eigenvalue weighted by Gasteiger charge is -2.25. The number of hydrogen-bond donors (Lipinski definition) is 1. The predicted molar refractivity (Wildman–Crippen MR) is 120 cm³/mol. The molecule has 0 saturated heterocycles. The summed E-state index contributed by atoms with van der Waals surface area (Å²) >= 11 is 0. The number of carbonyl (C=O) groups excluding carboxylic acids is 1. The van der Waals surface area contributed by atoms with Crippen molar-refractivity contribution < 1.29 is 17.6 Å². The van der Waals surface area contributed by atoms with Crippen molar-refractivity contribution in [3.63, 3.8) is 0 Å². The molecule has 0 unspecified atom stereocenters. The molecule has 31 heavy (non-hydrogen) atoms. The van der Waals surface area contributed by atoms with Crippen molar-refractivity contribution in [3.05, 3.63) is 95.8 Å². The van der Waals surface area contributed by atoms with E-state index in [1.54, 1.807) is 18.2 Å². The molecule has 0 aromatic heterocycles. The molecule has 3 rings (SSSR count). The fraction of sp³-hybridized carbons (Fsp3) is 0.208. The number of benzene rings is 3. The van der Waals surface area contributed by atoms with E-state index in [-0.39, 0.29) is 16.6 Å². The van der Waals surface area contributed by atoms with Gasteiger partial charge in [-0.3, -0.25) is 9.10 Å². The van der Waals surface area contributed by atoms with E-state index in [1.807, 2.05) is 31.2 Å². The topological polar surface area (TPSA) is 66.5 Å². The number of halogens is 1. The number of para-hydroxylation sites is 1. The van der Waals surface area contributed by atoms with Gasteiger partial charge in [0.05, 0.1) is 16.6 Å². The molecule has 0 saturated carbocycles. The molecule has 0 heterocycles. The lowest BCUT2D eigenvalue weighted by Crippen LogP contribution is -2.42. The maximum atomic E-state index is 14.5. The number of carbonyl (C=O) groups is 1. The fourth-order valence-electron chi connectivity index (χ4n) is 3.22. The molecule has 3 aromatic carbocycles. The average Bonchev–Trinajstić information content (AvgIpc) is 2.78. The van der Waals surface area contributed by atoms with Gasteiger partial charge in [0, 0.05) is 0 Å². The van der Waals surface area contributed by atoms with Crippen LogP contribution in [0.4, 0.5) is 10.1 Å². The maximum Gasteiger partial charge on any atom is 0.264 e. The first-order valence-electron chi connectivity index (χ1n) is 10.0. The minimum atomic E-state index is -4.15. The Bertz CT molecular complexity index is 1130. The van der Waals surface area contributed by atoms with Gasteiger partial charge in [0.2, 0.25) is 5.91 Å². The van der Waals surface area contributed by atoms with E-state index in [0.29, 0.717) is 0 Å². The Hall–Kier alpha value is -3.19. The zero-order chi connectivity index (χ0) is 22.4. The molecule has 1 amide bonds. The fourth-order valence-corrected chi connectivity index (χ4v) is 4.67.